The normalized spacial score (nSPS) is 19.4. The molecule has 2 saturated heterocycles. The molecule has 0 N–H and O–H groups in total. The van der Waals surface area contributed by atoms with Gasteiger partial charge in [0.05, 0.1) is 19.2 Å². The van der Waals surface area contributed by atoms with E-state index in [9.17, 15) is 22.8 Å². The number of halogens is 3. The molecule has 2 unspecified atom stereocenters. The maximum Gasteiger partial charge on any atom is 0.404 e. The van der Waals surface area contributed by atoms with Crippen molar-refractivity contribution >= 4 is 11.9 Å². The summed E-state index contributed by atoms with van der Waals surface area (Å²) in [6.07, 6.45) is 3.14. The first kappa shape index (κ1) is 40.8. The van der Waals surface area contributed by atoms with Gasteiger partial charge in [0.2, 0.25) is 5.91 Å². The number of likely N-dealkylation sites (tertiary alicyclic amines) is 1. The lowest BCUT2D eigenvalue weighted by molar-refractivity contribution is -0.182. The highest BCUT2D eigenvalue weighted by molar-refractivity contribution is 5.85. The summed E-state index contributed by atoms with van der Waals surface area (Å²) in [4.78, 5) is 32.1. The number of amides is 3. The summed E-state index contributed by atoms with van der Waals surface area (Å²) in [7, 11) is 1.64. The molecule has 3 aliphatic rings. The Morgan fingerprint density at radius 3 is 2.15 bits per heavy atom. The Labute approximate surface area is 276 Å². The van der Waals surface area contributed by atoms with Gasteiger partial charge in [0, 0.05) is 36.8 Å². The molecule has 4 rings (SSSR count). The van der Waals surface area contributed by atoms with Crippen molar-refractivity contribution in [3.8, 4) is 5.75 Å². The van der Waals surface area contributed by atoms with Gasteiger partial charge in [0.15, 0.2) is 5.92 Å². The van der Waals surface area contributed by atoms with Crippen molar-refractivity contribution < 1.29 is 27.5 Å². The van der Waals surface area contributed by atoms with E-state index in [2.05, 4.69) is 19.1 Å². The number of carbonyl (C=O) groups excluding carboxylic acids is 2. The number of urea groups is 1. The smallest absolute Gasteiger partial charge is 0.404 e. The monoisotopic (exact) mass is 649 g/mol. The van der Waals surface area contributed by atoms with E-state index in [1.807, 2.05) is 78.2 Å². The quantitative estimate of drug-likeness (QED) is 0.288. The summed E-state index contributed by atoms with van der Waals surface area (Å²) in [5, 5.41) is 0. The molecule has 0 bridgehead atoms. The molecule has 2 fully saturated rings. The highest BCUT2D eigenvalue weighted by Crippen LogP contribution is 2.49. The van der Waals surface area contributed by atoms with Gasteiger partial charge in [-0.3, -0.25) is 9.69 Å². The maximum absolute atomic E-state index is 14.2. The van der Waals surface area contributed by atoms with E-state index in [1.165, 1.54) is 24.0 Å². The number of rotatable bonds is 6. The maximum atomic E-state index is 14.2. The number of benzene rings is 1. The fourth-order valence-corrected chi connectivity index (χ4v) is 6.69. The first-order chi connectivity index (χ1) is 21.9. The number of carbonyl (C=O) groups is 2. The van der Waals surface area contributed by atoms with Crippen LogP contribution in [0.5, 0.6) is 5.75 Å². The number of alkyl halides is 3. The number of fused-ring (bicyclic) bond motifs is 3. The molecule has 3 aliphatic heterocycles. The molecule has 6 nitrogen and oxygen atoms in total. The highest BCUT2D eigenvalue weighted by Gasteiger charge is 2.56. The Bertz CT molecular complexity index is 1240. The first-order valence-electron chi connectivity index (χ1n) is 17.1. The zero-order valence-electron chi connectivity index (χ0n) is 30.3. The Balaban J connectivity index is 0.00000166. The van der Waals surface area contributed by atoms with Gasteiger partial charge in [-0.1, -0.05) is 85.8 Å². The van der Waals surface area contributed by atoms with E-state index in [0.29, 0.717) is 32.4 Å². The minimum atomic E-state index is -4.70. The topological polar surface area (TPSA) is 53.1 Å². The van der Waals surface area contributed by atoms with Crippen molar-refractivity contribution in [3.05, 3.63) is 64.4 Å². The lowest BCUT2D eigenvalue weighted by Gasteiger charge is -2.45. The van der Waals surface area contributed by atoms with E-state index < -0.39 is 23.5 Å². The Morgan fingerprint density at radius 2 is 1.67 bits per heavy atom. The van der Waals surface area contributed by atoms with Crippen LogP contribution in [0.15, 0.2) is 47.7 Å². The largest absolute Gasteiger partial charge is 0.496 e. The van der Waals surface area contributed by atoms with E-state index in [-0.39, 0.29) is 30.6 Å². The second-order valence-corrected chi connectivity index (χ2v) is 10.9. The Kier molecular flexibility index (Phi) is 16.1. The van der Waals surface area contributed by atoms with Gasteiger partial charge >= 0.3 is 12.2 Å². The number of ether oxygens (including phenoxy) is 1. The van der Waals surface area contributed by atoms with E-state index >= 15 is 0 Å². The molecule has 46 heavy (non-hydrogen) atoms. The second-order valence-electron chi connectivity index (χ2n) is 10.9. The van der Waals surface area contributed by atoms with Gasteiger partial charge in [-0.15, -0.1) is 0 Å². The molecular formula is C37H58F3N3O3. The molecule has 3 amide bonds. The summed E-state index contributed by atoms with van der Waals surface area (Å²) >= 11 is 0. The summed E-state index contributed by atoms with van der Waals surface area (Å²) in [6, 6.07) is 3.98. The van der Waals surface area contributed by atoms with Gasteiger partial charge in [-0.25, -0.2) is 4.79 Å². The van der Waals surface area contributed by atoms with Crippen LogP contribution >= 0.6 is 0 Å². The third-order valence-electron chi connectivity index (χ3n) is 8.54. The molecule has 0 saturated carbocycles. The van der Waals surface area contributed by atoms with Gasteiger partial charge in [-0.05, 0) is 62.8 Å². The molecule has 260 valence electrons. The number of piperidine rings is 1. The van der Waals surface area contributed by atoms with Crippen molar-refractivity contribution in [2.45, 2.75) is 120 Å². The standard InChI is InChI=1S/C31H40F3N3O3.3C2H6/c1-7-10-11-22(8-2)27(31(32,33)34)28(38)35-14-12-30(13-15-35)25-18-21(5)26-23(16-20(4)17-24(26)40-6)19-36(25)29(39)37(30)9-3;3*1-2/h8,10-11,16-18,21,27H,7,9,12-15,19H2,1-6H3;3*1-2H3/b11-10-,22-8+;;;. The van der Waals surface area contributed by atoms with Crippen LogP contribution in [-0.4, -0.2) is 65.1 Å². The lowest BCUT2D eigenvalue weighted by atomic mass is 9.81. The first-order valence-corrected chi connectivity index (χ1v) is 17.1. The number of methoxy groups -OCH3 is 1. The summed E-state index contributed by atoms with van der Waals surface area (Å²) in [5.74, 6) is -2.40. The van der Waals surface area contributed by atoms with Gasteiger partial charge < -0.3 is 14.5 Å². The number of aryl methyl sites for hydroxylation is 1. The van der Waals surface area contributed by atoms with E-state index in [0.717, 1.165) is 28.1 Å². The molecule has 2 atom stereocenters. The van der Waals surface area contributed by atoms with Crippen LogP contribution in [-0.2, 0) is 11.3 Å². The summed E-state index contributed by atoms with van der Waals surface area (Å²) in [5.41, 5.74) is 3.26. The molecule has 0 aliphatic carbocycles. The van der Waals surface area contributed by atoms with E-state index in [1.54, 1.807) is 13.2 Å². The number of allylic oxidation sites excluding steroid dienone is 4. The van der Waals surface area contributed by atoms with Crippen LogP contribution in [0.3, 0.4) is 0 Å². The molecule has 1 spiro atoms. The fourth-order valence-electron chi connectivity index (χ4n) is 6.69. The van der Waals surface area contributed by atoms with Gasteiger partial charge in [0.25, 0.3) is 0 Å². The number of nitrogens with zero attached hydrogens (tertiary/aromatic N) is 3. The van der Waals surface area contributed by atoms with Gasteiger partial charge in [-0.2, -0.15) is 13.2 Å². The van der Waals surface area contributed by atoms with Crippen LogP contribution in [0.2, 0.25) is 0 Å². The van der Waals surface area contributed by atoms with Gasteiger partial charge in [0.1, 0.15) is 5.75 Å². The minimum Gasteiger partial charge on any atom is -0.496 e. The van der Waals surface area contributed by atoms with E-state index in [4.69, 9.17) is 4.74 Å². The summed E-state index contributed by atoms with van der Waals surface area (Å²) in [6.45, 7) is 22.5. The van der Waals surface area contributed by atoms with Crippen LogP contribution in [0.25, 0.3) is 0 Å². The zero-order chi connectivity index (χ0) is 35.4. The van der Waals surface area contributed by atoms with Crippen molar-refractivity contribution in [1.82, 2.24) is 14.7 Å². The third-order valence-corrected chi connectivity index (χ3v) is 8.54. The molecule has 1 aromatic carbocycles. The van der Waals surface area contributed by atoms with Crippen LogP contribution in [0, 0.1) is 12.8 Å². The summed E-state index contributed by atoms with van der Waals surface area (Å²) < 4.78 is 48.2. The second kappa shape index (κ2) is 18.2. The van der Waals surface area contributed by atoms with Crippen LogP contribution in [0.1, 0.15) is 111 Å². The van der Waals surface area contributed by atoms with Crippen LogP contribution in [0.4, 0.5) is 18.0 Å². The molecule has 0 aromatic heterocycles. The average molecular weight is 650 g/mol. The highest BCUT2D eigenvalue weighted by atomic mass is 19.4. The van der Waals surface area contributed by atoms with Crippen LogP contribution < -0.4 is 4.74 Å². The SMILES string of the molecule is C/C=C(\C=C/CC)C(C(=O)N1CCC2(CC1)C1=CC(C)c3c(cc(C)cc3OC)CN1C(=O)N2CC)C(F)(F)F.CC.CC.CC. The number of likely N-dealkylation sites (N-methyl/N-ethyl adjacent to an activating group) is 1. The van der Waals surface area contributed by atoms with Crippen molar-refractivity contribution in [1.29, 1.82) is 0 Å². The number of hydrogen-bond acceptors (Lipinski definition) is 3. The number of hydrogen-bond donors (Lipinski definition) is 0. The molecular weight excluding hydrogens is 591 g/mol. The predicted molar refractivity (Wildman–Crippen MR) is 183 cm³/mol. The lowest BCUT2D eigenvalue weighted by Crippen LogP contribution is -2.56. The average Bonchev–Trinajstić information content (AvgIpc) is 3.15. The Morgan fingerprint density at radius 1 is 1.09 bits per heavy atom. The molecule has 3 heterocycles. The molecule has 1 aromatic rings. The van der Waals surface area contributed by atoms with Crippen molar-refractivity contribution in [3.63, 3.8) is 0 Å². The fraction of sp³-hybridized carbons (Fsp3) is 0.622. The predicted octanol–water partition coefficient (Wildman–Crippen LogP) is 9.79. The van der Waals surface area contributed by atoms with Crippen molar-refractivity contribution in [2.24, 2.45) is 5.92 Å². The minimum absolute atomic E-state index is 0.0381. The third kappa shape index (κ3) is 8.18. The molecule has 9 heteroatoms. The zero-order valence-corrected chi connectivity index (χ0v) is 30.3. The van der Waals surface area contributed by atoms with Crippen molar-refractivity contribution in [2.75, 3.05) is 26.7 Å². The molecule has 0 radical (unpaired) electrons. The Hall–Kier alpha value is -3.23.